The number of amides is 2. The fraction of sp³-hybridized carbons (Fsp3) is 0.615. The monoisotopic (exact) mass is 537 g/mol. The molecular formula is C26H34F3N5O2S. The van der Waals surface area contributed by atoms with Gasteiger partial charge in [0.2, 0.25) is 5.91 Å². The Morgan fingerprint density at radius 3 is 2.35 bits per heavy atom. The molecule has 0 saturated carbocycles. The Bertz CT molecular complexity index is 1070. The number of likely N-dealkylation sites (tertiary alicyclic amines) is 1. The summed E-state index contributed by atoms with van der Waals surface area (Å²) in [6.45, 7) is 6.63. The number of nitrogens with two attached hydrogens (primary N) is 1. The van der Waals surface area contributed by atoms with Gasteiger partial charge in [0.15, 0.2) is 5.11 Å². The third-order valence-electron chi connectivity index (χ3n) is 7.29. The van der Waals surface area contributed by atoms with Gasteiger partial charge in [-0.15, -0.1) is 0 Å². The zero-order valence-corrected chi connectivity index (χ0v) is 22.1. The highest BCUT2D eigenvalue weighted by Crippen LogP contribution is 2.38. The molecule has 1 aromatic rings. The van der Waals surface area contributed by atoms with Crippen LogP contribution in [-0.2, 0) is 15.8 Å². The molecule has 0 radical (unpaired) electrons. The number of hydrogen-bond acceptors (Lipinski definition) is 5. The molecule has 3 rings (SSSR count). The molecule has 2 saturated heterocycles. The van der Waals surface area contributed by atoms with Crippen molar-refractivity contribution in [1.82, 2.24) is 9.80 Å². The van der Waals surface area contributed by atoms with Crippen molar-refractivity contribution in [1.29, 1.82) is 5.26 Å². The van der Waals surface area contributed by atoms with Crippen LogP contribution in [0, 0.1) is 17.2 Å². The number of benzene rings is 1. The van der Waals surface area contributed by atoms with Gasteiger partial charge in [0.1, 0.15) is 5.54 Å². The van der Waals surface area contributed by atoms with E-state index in [1.807, 2.05) is 0 Å². The summed E-state index contributed by atoms with van der Waals surface area (Å²) in [7, 11) is 0. The van der Waals surface area contributed by atoms with Gasteiger partial charge in [-0.05, 0) is 76.6 Å². The zero-order chi connectivity index (χ0) is 27.4. The first-order valence-electron chi connectivity index (χ1n) is 12.7. The number of unbranched alkanes of at least 4 members (excludes halogenated alkanes) is 5. The summed E-state index contributed by atoms with van der Waals surface area (Å²) in [5.41, 5.74) is 2.82. The lowest BCUT2D eigenvalue weighted by molar-refractivity contribution is -0.137. The van der Waals surface area contributed by atoms with E-state index in [-0.39, 0.29) is 22.6 Å². The normalized spacial score (nSPS) is 20.1. The summed E-state index contributed by atoms with van der Waals surface area (Å²) < 4.78 is 40.3. The van der Waals surface area contributed by atoms with Gasteiger partial charge in [-0.1, -0.05) is 25.7 Å². The van der Waals surface area contributed by atoms with Crippen LogP contribution < -0.4 is 10.6 Å². The Balaban J connectivity index is 1.48. The largest absolute Gasteiger partial charge is 0.417 e. The Morgan fingerprint density at radius 2 is 1.78 bits per heavy atom. The van der Waals surface area contributed by atoms with Gasteiger partial charge in [-0.3, -0.25) is 14.5 Å². The van der Waals surface area contributed by atoms with Crippen molar-refractivity contribution in [3.05, 3.63) is 29.3 Å². The average molecular weight is 538 g/mol. The van der Waals surface area contributed by atoms with Crippen LogP contribution in [0.2, 0.25) is 0 Å². The Kier molecular flexibility index (Phi) is 9.18. The molecule has 0 aromatic heterocycles. The third kappa shape index (κ3) is 6.60. The minimum Gasteiger partial charge on any atom is -0.369 e. The molecule has 2 amide bonds. The molecule has 2 fully saturated rings. The number of hydrogen-bond donors (Lipinski definition) is 1. The molecule has 0 bridgehead atoms. The van der Waals surface area contributed by atoms with Crippen LogP contribution in [0.1, 0.15) is 69.9 Å². The molecular weight excluding hydrogens is 503 g/mol. The van der Waals surface area contributed by atoms with Gasteiger partial charge in [0.25, 0.3) is 5.91 Å². The molecule has 2 N–H and O–H groups in total. The number of nitriles is 1. The molecule has 7 nitrogen and oxygen atoms in total. The first kappa shape index (κ1) is 28.9. The van der Waals surface area contributed by atoms with E-state index in [1.165, 1.54) is 6.07 Å². The molecule has 2 aliphatic rings. The number of carbonyl (C=O) groups excluding carboxylic acids is 2. The van der Waals surface area contributed by atoms with Crippen LogP contribution in [0.4, 0.5) is 18.9 Å². The highest BCUT2D eigenvalue weighted by molar-refractivity contribution is 7.80. The minimum atomic E-state index is -4.72. The molecule has 2 heterocycles. The average Bonchev–Trinajstić information content (AvgIpc) is 3.37. The van der Waals surface area contributed by atoms with Gasteiger partial charge in [-0.2, -0.15) is 18.4 Å². The number of nitrogens with zero attached hydrogens (tertiary/aromatic N) is 4. The Labute approximate surface area is 221 Å². The summed E-state index contributed by atoms with van der Waals surface area (Å²) in [5.74, 6) is -0.626. The highest BCUT2D eigenvalue weighted by atomic mass is 32.1. The van der Waals surface area contributed by atoms with Crippen molar-refractivity contribution < 1.29 is 22.8 Å². The Morgan fingerprint density at radius 1 is 1.16 bits per heavy atom. The summed E-state index contributed by atoms with van der Waals surface area (Å²) in [6, 6.07) is 4.77. The van der Waals surface area contributed by atoms with Crippen LogP contribution in [0.3, 0.4) is 0 Å². The molecule has 2 aliphatic heterocycles. The summed E-state index contributed by atoms with van der Waals surface area (Å²) in [5, 5.41) is 9.22. The maximum Gasteiger partial charge on any atom is 0.417 e. The first-order valence-corrected chi connectivity index (χ1v) is 13.1. The quantitative estimate of drug-likeness (QED) is 0.332. The minimum absolute atomic E-state index is 0.0112. The van der Waals surface area contributed by atoms with Crippen LogP contribution in [-0.4, -0.2) is 58.4 Å². The number of primary amides is 1. The lowest BCUT2D eigenvalue weighted by Gasteiger charge is -2.29. The van der Waals surface area contributed by atoms with E-state index in [0.717, 1.165) is 81.6 Å². The van der Waals surface area contributed by atoms with Crippen molar-refractivity contribution in [2.75, 3.05) is 31.1 Å². The van der Waals surface area contributed by atoms with E-state index in [1.54, 1.807) is 24.8 Å². The maximum absolute atomic E-state index is 13.4. The highest BCUT2D eigenvalue weighted by Gasteiger charge is 2.49. The second kappa shape index (κ2) is 11.8. The molecule has 11 heteroatoms. The predicted molar refractivity (Wildman–Crippen MR) is 138 cm³/mol. The number of rotatable bonds is 11. The fourth-order valence-corrected chi connectivity index (χ4v) is 5.53. The van der Waals surface area contributed by atoms with Crippen molar-refractivity contribution in [2.24, 2.45) is 11.7 Å². The van der Waals surface area contributed by atoms with E-state index in [4.69, 9.17) is 23.2 Å². The molecule has 0 spiro atoms. The van der Waals surface area contributed by atoms with Crippen LogP contribution in [0.5, 0.6) is 0 Å². The maximum atomic E-state index is 13.4. The predicted octanol–water partition coefficient (Wildman–Crippen LogP) is 4.44. The van der Waals surface area contributed by atoms with Gasteiger partial charge in [0.05, 0.1) is 28.8 Å². The number of anilines is 1. The van der Waals surface area contributed by atoms with E-state index < -0.39 is 28.7 Å². The van der Waals surface area contributed by atoms with E-state index in [9.17, 15) is 22.8 Å². The molecule has 0 aliphatic carbocycles. The second-order valence-electron chi connectivity index (χ2n) is 10.3. The Hall–Kier alpha value is -2.71. The smallest absolute Gasteiger partial charge is 0.369 e. The molecule has 0 unspecified atom stereocenters. The van der Waals surface area contributed by atoms with Crippen molar-refractivity contribution in [3.8, 4) is 6.07 Å². The number of halogens is 3. The number of carbonyl (C=O) groups is 2. The van der Waals surface area contributed by atoms with E-state index in [0.29, 0.717) is 6.54 Å². The lowest BCUT2D eigenvalue weighted by Crippen LogP contribution is -2.44. The van der Waals surface area contributed by atoms with Crippen LogP contribution >= 0.6 is 12.2 Å². The third-order valence-corrected chi connectivity index (χ3v) is 7.69. The fourth-order valence-electron chi connectivity index (χ4n) is 5.02. The molecule has 37 heavy (non-hydrogen) atoms. The standard InChI is InChI=1S/C26H34F3N5O2S/c1-25(2)23(36)34(20-10-9-18(16-30)21(15-20)26(27,28)29)24(37)33(25)13-8-6-4-3-5-7-12-32-14-11-19(17-32)22(31)35/h9-10,15,19H,3-8,11-14,17H2,1-2H3,(H2,31,35)/t19-/m0/s1. The van der Waals surface area contributed by atoms with Gasteiger partial charge in [-0.25, -0.2) is 0 Å². The summed E-state index contributed by atoms with van der Waals surface area (Å²) in [6.07, 6.45) is 2.16. The van der Waals surface area contributed by atoms with Crippen molar-refractivity contribution in [3.63, 3.8) is 0 Å². The number of alkyl halides is 3. The number of thiocarbonyl (C=S) groups is 1. The molecule has 1 aromatic carbocycles. The van der Waals surface area contributed by atoms with Crippen molar-refractivity contribution >= 4 is 34.8 Å². The van der Waals surface area contributed by atoms with Crippen LogP contribution in [0.15, 0.2) is 18.2 Å². The van der Waals surface area contributed by atoms with Gasteiger partial charge in [0, 0.05) is 13.1 Å². The van der Waals surface area contributed by atoms with Gasteiger partial charge >= 0.3 is 6.18 Å². The lowest BCUT2D eigenvalue weighted by atomic mass is 10.0. The summed E-state index contributed by atoms with van der Waals surface area (Å²) >= 11 is 5.53. The molecule has 1 atom stereocenters. The second-order valence-corrected chi connectivity index (χ2v) is 10.6. The summed E-state index contributed by atoms with van der Waals surface area (Å²) in [4.78, 5) is 29.6. The van der Waals surface area contributed by atoms with E-state index >= 15 is 0 Å². The van der Waals surface area contributed by atoms with Crippen LogP contribution in [0.25, 0.3) is 0 Å². The zero-order valence-electron chi connectivity index (χ0n) is 21.3. The topological polar surface area (TPSA) is 93.7 Å². The van der Waals surface area contributed by atoms with Gasteiger partial charge < -0.3 is 15.5 Å². The SMILES string of the molecule is CC1(C)C(=O)N(c2ccc(C#N)c(C(F)(F)F)c2)C(=S)N1CCCCCCCCN1CC[C@H](C(N)=O)C1. The van der Waals surface area contributed by atoms with E-state index in [2.05, 4.69) is 4.90 Å². The van der Waals surface area contributed by atoms with Crippen molar-refractivity contribution in [2.45, 2.75) is 70.5 Å². The molecule has 202 valence electrons. The first-order chi connectivity index (χ1) is 17.4.